The molecule has 1 aromatic heterocycles. The summed E-state index contributed by atoms with van der Waals surface area (Å²) in [5.74, 6) is -3.81. The van der Waals surface area contributed by atoms with Crippen LogP contribution >= 0.6 is 0 Å². The van der Waals surface area contributed by atoms with E-state index in [1.165, 1.54) is 23.1 Å². The number of ether oxygens (including phenoxy) is 1. The zero-order valence-electron chi connectivity index (χ0n) is 19.5. The third-order valence-corrected chi connectivity index (χ3v) is 4.90. The van der Waals surface area contributed by atoms with Gasteiger partial charge in [-0.05, 0) is 63.1 Å². The lowest BCUT2D eigenvalue weighted by molar-refractivity contribution is -0.154. The van der Waals surface area contributed by atoms with Crippen molar-refractivity contribution in [2.45, 2.75) is 52.3 Å². The van der Waals surface area contributed by atoms with Gasteiger partial charge in [-0.15, -0.1) is 0 Å². The van der Waals surface area contributed by atoms with Gasteiger partial charge in [0, 0.05) is 23.7 Å². The zero-order chi connectivity index (χ0) is 26.1. The molecule has 0 N–H and O–H groups in total. The van der Waals surface area contributed by atoms with E-state index in [9.17, 15) is 27.2 Å². The molecule has 0 atom stereocenters. The van der Waals surface area contributed by atoms with Crippen LogP contribution in [0.3, 0.4) is 0 Å². The smallest absolute Gasteiger partial charge is 0.416 e. The highest BCUT2D eigenvalue weighted by atomic mass is 19.4. The first kappa shape index (κ1) is 26.1. The molecule has 0 spiro atoms. The number of ketones is 1. The molecule has 35 heavy (non-hydrogen) atoms. The monoisotopic (exact) mass is 494 g/mol. The van der Waals surface area contributed by atoms with Gasteiger partial charge in [-0.25, -0.2) is 13.5 Å². The van der Waals surface area contributed by atoms with Gasteiger partial charge in [-0.2, -0.15) is 18.3 Å². The van der Waals surface area contributed by atoms with Crippen LogP contribution in [0.15, 0.2) is 42.7 Å². The maximum absolute atomic E-state index is 15.0. The Hall–Kier alpha value is -3.56. The average molecular weight is 494 g/mol. The van der Waals surface area contributed by atoms with E-state index in [-0.39, 0.29) is 16.8 Å². The van der Waals surface area contributed by atoms with E-state index in [0.717, 1.165) is 18.2 Å². The number of carbonyl (C=O) groups excluding carboxylic acids is 2. The number of aryl methyl sites for hydroxylation is 1. The van der Waals surface area contributed by atoms with E-state index in [2.05, 4.69) is 5.10 Å². The van der Waals surface area contributed by atoms with Gasteiger partial charge >= 0.3 is 12.1 Å². The molecule has 0 bridgehead atoms. The molecule has 1 heterocycles. The molecular weight excluding hydrogens is 471 g/mol. The summed E-state index contributed by atoms with van der Waals surface area (Å²) in [5, 5.41) is 3.97. The molecule has 10 heteroatoms. The number of alkyl halides is 3. The van der Waals surface area contributed by atoms with Crippen molar-refractivity contribution in [3.63, 3.8) is 0 Å². The molecule has 0 fully saturated rings. The molecule has 3 aromatic rings. The van der Waals surface area contributed by atoms with Crippen LogP contribution in [-0.2, 0) is 28.5 Å². The number of benzene rings is 2. The second-order valence-electron chi connectivity index (χ2n) is 9.09. The maximum atomic E-state index is 15.0. The molecule has 2 aromatic carbocycles. The highest BCUT2D eigenvalue weighted by Crippen LogP contribution is 2.32. The first-order valence-electron chi connectivity index (χ1n) is 10.6. The quantitative estimate of drug-likeness (QED) is 0.247. The van der Waals surface area contributed by atoms with Crippen LogP contribution in [0.25, 0.3) is 5.69 Å². The van der Waals surface area contributed by atoms with Crippen molar-refractivity contribution in [1.29, 1.82) is 0 Å². The van der Waals surface area contributed by atoms with Crippen LogP contribution in [0.5, 0.6) is 0 Å². The summed E-state index contributed by atoms with van der Waals surface area (Å²) in [6, 6.07) is 4.65. The first-order chi connectivity index (χ1) is 16.1. The van der Waals surface area contributed by atoms with Crippen molar-refractivity contribution in [1.82, 2.24) is 9.78 Å². The fourth-order valence-corrected chi connectivity index (χ4v) is 3.36. The van der Waals surface area contributed by atoms with Gasteiger partial charge in [-0.1, -0.05) is 6.07 Å². The fourth-order valence-electron chi connectivity index (χ4n) is 3.36. The van der Waals surface area contributed by atoms with E-state index in [0.29, 0.717) is 11.6 Å². The molecule has 0 saturated carbocycles. The van der Waals surface area contributed by atoms with Crippen LogP contribution in [-0.4, -0.2) is 27.1 Å². The molecule has 5 nitrogen and oxygen atoms in total. The van der Waals surface area contributed by atoms with Crippen molar-refractivity contribution >= 4 is 11.8 Å². The Morgan fingerprint density at radius 2 is 1.71 bits per heavy atom. The second-order valence-corrected chi connectivity index (χ2v) is 9.09. The number of rotatable bonds is 6. The van der Waals surface area contributed by atoms with Gasteiger partial charge in [0.2, 0.25) is 0 Å². The standard InChI is InChI=1S/C25H23F5N2O3/c1-14-12-31-32(13-14)18-8-16(7-17(10-18)25(28,29)30)21(33)9-15-5-6-20(26)19(23(15)27)11-22(34)35-24(2,3)4/h5-8,10,12-13H,9,11H2,1-4H3. The number of hydrogen-bond acceptors (Lipinski definition) is 4. The summed E-state index contributed by atoms with van der Waals surface area (Å²) >= 11 is 0. The number of esters is 1. The third kappa shape index (κ3) is 6.52. The predicted octanol–water partition coefficient (Wildman–Crippen LogP) is 5.79. The Morgan fingerprint density at radius 1 is 1.03 bits per heavy atom. The predicted molar refractivity (Wildman–Crippen MR) is 117 cm³/mol. The Kier molecular flexibility index (Phi) is 7.14. The van der Waals surface area contributed by atoms with E-state index in [1.807, 2.05) is 0 Å². The molecule has 0 saturated heterocycles. The molecule has 0 amide bonds. The van der Waals surface area contributed by atoms with Gasteiger partial charge in [-0.3, -0.25) is 9.59 Å². The van der Waals surface area contributed by atoms with Crippen LogP contribution in [0.4, 0.5) is 22.0 Å². The Morgan fingerprint density at radius 3 is 2.29 bits per heavy atom. The van der Waals surface area contributed by atoms with Gasteiger partial charge in [0.15, 0.2) is 5.78 Å². The minimum absolute atomic E-state index is 0.00136. The Bertz CT molecular complexity index is 1270. The summed E-state index contributed by atoms with van der Waals surface area (Å²) in [7, 11) is 0. The number of Topliss-reactive ketones (excluding diaryl/α,β-unsaturated/α-hetero) is 1. The average Bonchev–Trinajstić information content (AvgIpc) is 3.17. The topological polar surface area (TPSA) is 61.2 Å². The lowest BCUT2D eigenvalue weighted by atomic mass is 9.97. The van der Waals surface area contributed by atoms with E-state index in [4.69, 9.17) is 4.74 Å². The summed E-state index contributed by atoms with van der Waals surface area (Å²) < 4.78 is 76.0. The minimum atomic E-state index is -4.74. The molecular formula is C25H23F5N2O3. The van der Waals surface area contributed by atoms with E-state index in [1.54, 1.807) is 27.7 Å². The molecule has 0 aliphatic heterocycles. The summed E-state index contributed by atoms with van der Waals surface area (Å²) in [6.07, 6.45) is -3.15. The highest BCUT2D eigenvalue weighted by molar-refractivity contribution is 5.98. The van der Waals surface area contributed by atoms with E-state index < -0.39 is 59.1 Å². The summed E-state index contributed by atoms with van der Waals surface area (Å²) in [6.45, 7) is 6.50. The van der Waals surface area contributed by atoms with Crippen LogP contribution in [0.1, 0.15) is 53.4 Å². The number of aromatic nitrogens is 2. The van der Waals surface area contributed by atoms with Crippen LogP contribution in [0, 0.1) is 18.6 Å². The number of halogens is 5. The van der Waals surface area contributed by atoms with Crippen LogP contribution < -0.4 is 0 Å². The normalized spacial score (nSPS) is 12.0. The van der Waals surface area contributed by atoms with Gasteiger partial charge < -0.3 is 4.74 Å². The SMILES string of the molecule is Cc1cnn(-c2cc(C(=O)Cc3ccc(F)c(CC(=O)OC(C)(C)C)c3F)cc(C(F)(F)F)c2)c1. The summed E-state index contributed by atoms with van der Waals surface area (Å²) in [5.41, 5.74) is -2.41. The number of hydrogen-bond donors (Lipinski definition) is 0. The number of nitrogens with zero attached hydrogens (tertiary/aromatic N) is 2. The number of carbonyl (C=O) groups is 2. The minimum Gasteiger partial charge on any atom is -0.460 e. The summed E-state index contributed by atoms with van der Waals surface area (Å²) in [4.78, 5) is 24.9. The van der Waals surface area contributed by atoms with Crippen LogP contribution in [0.2, 0.25) is 0 Å². The molecule has 0 aliphatic carbocycles. The van der Waals surface area contributed by atoms with Crippen molar-refractivity contribution in [3.05, 3.63) is 82.2 Å². The van der Waals surface area contributed by atoms with Crippen molar-refractivity contribution in [2.24, 2.45) is 0 Å². The highest BCUT2D eigenvalue weighted by Gasteiger charge is 2.32. The fraction of sp³-hybridized carbons (Fsp3) is 0.320. The van der Waals surface area contributed by atoms with Crippen molar-refractivity contribution in [3.8, 4) is 5.69 Å². The maximum Gasteiger partial charge on any atom is 0.416 e. The van der Waals surface area contributed by atoms with Crippen molar-refractivity contribution < 1.29 is 36.3 Å². The largest absolute Gasteiger partial charge is 0.460 e. The Labute approximate surface area is 198 Å². The van der Waals surface area contributed by atoms with Crippen molar-refractivity contribution in [2.75, 3.05) is 0 Å². The molecule has 0 aliphatic rings. The lowest BCUT2D eigenvalue weighted by Gasteiger charge is -2.20. The third-order valence-electron chi connectivity index (χ3n) is 4.90. The molecule has 186 valence electrons. The Balaban J connectivity index is 1.94. The molecule has 0 radical (unpaired) electrons. The van der Waals surface area contributed by atoms with Gasteiger partial charge in [0.05, 0.1) is 23.9 Å². The van der Waals surface area contributed by atoms with E-state index >= 15 is 4.39 Å². The molecule has 3 rings (SSSR count). The second kappa shape index (κ2) is 9.59. The zero-order valence-corrected chi connectivity index (χ0v) is 19.5. The van der Waals surface area contributed by atoms with Gasteiger partial charge in [0.25, 0.3) is 0 Å². The van der Waals surface area contributed by atoms with Gasteiger partial charge in [0.1, 0.15) is 17.2 Å². The first-order valence-corrected chi connectivity index (χ1v) is 10.6. The lowest BCUT2D eigenvalue weighted by Crippen LogP contribution is -2.25. The molecule has 0 unspecified atom stereocenters.